The number of nitrogens with two attached hydrogens (primary N) is 1. The molecule has 0 radical (unpaired) electrons. The van der Waals surface area contributed by atoms with Gasteiger partial charge in [-0.05, 0) is 19.1 Å². The lowest BCUT2D eigenvalue weighted by Crippen LogP contribution is -2.20. The fourth-order valence-corrected chi connectivity index (χ4v) is 2.37. The first-order chi connectivity index (χ1) is 10.2. The number of anilines is 1. The van der Waals surface area contributed by atoms with Crippen LogP contribution in [0.2, 0.25) is 0 Å². The van der Waals surface area contributed by atoms with Crippen LogP contribution in [0, 0.1) is 6.92 Å². The Morgan fingerprint density at radius 2 is 2.09 bits per heavy atom. The first-order valence-corrected chi connectivity index (χ1v) is 6.84. The summed E-state index contributed by atoms with van der Waals surface area (Å²) >= 11 is 1.06. The van der Waals surface area contributed by atoms with Crippen molar-refractivity contribution in [1.82, 2.24) is 9.78 Å². The Labute approximate surface area is 126 Å². The van der Waals surface area contributed by atoms with E-state index in [4.69, 9.17) is 5.73 Å². The van der Waals surface area contributed by atoms with Gasteiger partial charge in [-0.1, -0.05) is 0 Å². The average molecular weight is 332 g/mol. The molecule has 0 aliphatic carbocycles. The second-order valence-corrected chi connectivity index (χ2v) is 5.35. The van der Waals surface area contributed by atoms with Crippen LogP contribution in [0.5, 0.6) is 0 Å². The fourth-order valence-electron chi connectivity index (χ4n) is 1.68. The van der Waals surface area contributed by atoms with Crippen LogP contribution in [-0.2, 0) is 17.5 Å². The lowest BCUT2D eigenvalue weighted by Gasteiger charge is -2.05. The summed E-state index contributed by atoms with van der Waals surface area (Å²) < 4.78 is 38.5. The van der Waals surface area contributed by atoms with Crippen LogP contribution in [0.1, 0.15) is 21.1 Å². The number of primary amides is 1. The van der Waals surface area contributed by atoms with Gasteiger partial charge in [-0.25, -0.2) is 0 Å². The van der Waals surface area contributed by atoms with E-state index < -0.39 is 23.7 Å². The van der Waals surface area contributed by atoms with Crippen molar-refractivity contribution in [1.29, 1.82) is 0 Å². The third-order valence-corrected chi connectivity index (χ3v) is 3.64. The number of aryl methyl sites for hydroxylation is 1. The number of hydrogen-bond donors (Lipinski definition) is 2. The number of alkyl halides is 3. The molecule has 2 rings (SSSR count). The topological polar surface area (TPSA) is 90.0 Å². The normalized spacial score (nSPS) is 11.5. The van der Waals surface area contributed by atoms with E-state index in [-0.39, 0.29) is 17.1 Å². The van der Waals surface area contributed by atoms with Gasteiger partial charge in [0.1, 0.15) is 6.54 Å². The molecule has 0 aliphatic rings. The number of thiophene rings is 1. The molecule has 0 saturated heterocycles. The Kier molecular flexibility index (Phi) is 4.22. The molecule has 0 aliphatic heterocycles. The first-order valence-electron chi connectivity index (χ1n) is 5.96. The molecule has 2 aromatic rings. The zero-order valence-electron chi connectivity index (χ0n) is 11.3. The minimum atomic E-state index is -4.56. The molecule has 0 atom stereocenters. The second kappa shape index (κ2) is 5.79. The number of halogens is 3. The number of hydrogen-bond acceptors (Lipinski definition) is 4. The second-order valence-electron chi connectivity index (χ2n) is 4.44. The van der Waals surface area contributed by atoms with E-state index in [2.05, 4.69) is 10.4 Å². The summed E-state index contributed by atoms with van der Waals surface area (Å²) in [6, 6.07) is 2.26. The molecule has 10 heteroatoms. The molecule has 22 heavy (non-hydrogen) atoms. The molecule has 2 amide bonds. The molecule has 6 nitrogen and oxygen atoms in total. The SMILES string of the molecule is Cc1cc(C(F)(F)F)nn1CC(=O)Nc1csc(C(N)=O)c1. The molecule has 0 spiro atoms. The molecule has 118 valence electrons. The highest BCUT2D eigenvalue weighted by molar-refractivity contribution is 7.12. The van der Waals surface area contributed by atoms with E-state index >= 15 is 0 Å². The third-order valence-electron chi connectivity index (χ3n) is 2.69. The molecular weight excluding hydrogens is 321 g/mol. The summed E-state index contributed by atoms with van der Waals surface area (Å²) in [5.41, 5.74) is 4.60. The molecular formula is C12H11F3N4O2S. The Morgan fingerprint density at radius 1 is 1.41 bits per heavy atom. The van der Waals surface area contributed by atoms with Crippen LogP contribution in [0.25, 0.3) is 0 Å². The fraction of sp³-hybridized carbons (Fsp3) is 0.250. The van der Waals surface area contributed by atoms with Gasteiger partial charge in [0, 0.05) is 11.1 Å². The Hall–Kier alpha value is -2.36. The number of carbonyl (C=O) groups is 2. The largest absolute Gasteiger partial charge is 0.435 e. The standard InChI is InChI=1S/C12H11F3N4O2S/c1-6-2-9(12(13,14)15)18-19(6)4-10(20)17-7-3-8(11(16)21)22-5-7/h2-3,5H,4H2,1H3,(H2,16,21)(H,17,20). The lowest BCUT2D eigenvalue weighted by molar-refractivity contribution is -0.141. The van der Waals surface area contributed by atoms with Crippen LogP contribution >= 0.6 is 11.3 Å². The van der Waals surface area contributed by atoms with E-state index in [1.807, 2.05) is 0 Å². The summed E-state index contributed by atoms with van der Waals surface area (Å²) in [6.45, 7) is 1.05. The number of amides is 2. The van der Waals surface area contributed by atoms with Gasteiger partial charge in [0.25, 0.3) is 5.91 Å². The zero-order chi connectivity index (χ0) is 16.5. The van der Waals surface area contributed by atoms with Crippen molar-refractivity contribution in [2.45, 2.75) is 19.6 Å². The Morgan fingerprint density at radius 3 is 2.59 bits per heavy atom. The maximum atomic E-state index is 12.5. The smallest absolute Gasteiger partial charge is 0.365 e. The van der Waals surface area contributed by atoms with E-state index in [1.54, 1.807) is 0 Å². The highest BCUT2D eigenvalue weighted by Crippen LogP contribution is 2.28. The van der Waals surface area contributed by atoms with Gasteiger partial charge >= 0.3 is 6.18 Å². The van der Waals surface area contributed by atoms with Gasteiger partial charge in [0.05, 0.1) is 10.6 Å². The molecule has 0 unspecified atom stereocenters. The summed E-state index contributed by atoms with van der Waals surface area (Å²) in [7, 11) is 0. The summed E-state index contributed by atoms with van der Waals surface area (Å²) in [5, 5.41) is 7.33. The van der Waals surface area contributed by atoms with Crippen molar-refractivity contribution >= 4 is 28.8 Å². The van der Waals surface area contributed by atoms with E-state index in [1.165, 1.54) is 18.4 Å². The van der Waals surface area contributed by atoms with Crippen LogP contribution in [0.3, 0.4) is 0 Å². The summed E-state index contributed by atoms with van der Waals surface area (Å²) in [5.74, 6) is -1.18. The van der Waals surface area contributed by atoms with Crippen molar-refractivity contribution in [2.75, 3.05) is 5.32 Å². The predicted octanol–water partition coefficient (Wildman–Crippen LogP) is 2.01. The minimum absolute atomic E-state index is 0.214. The maximum Gasteiger partial charge on any atom is 0.435 e. The molecule has 2 heterocycles. The average Bonchev–Trinajstić information content (AvgIpc) is 2.97. The molecule has 0 aromatic carbocycles. The molecule has 2 aromatic heterocycles. The van der Waals surface area contributed by atoms with Gasteiger partial charge in [0.15, 0.2) is 5.69 Å². The monoisotopic (exact) mass is 332 g/mol. The summed E-state index contributed by atoms with van der Waals surface area (Å²) in [4.78, 5) is 23.0. The van der Waals surface area contributed by atoms with Crippen molar-refractivity contribution in [2.24, 2.45) is 5.73 Å². The highest BCUT2D eigenvalue weighted by Gasteiger charge is 2.34. The van der Waals surface area contributed by atoms with Crippen molar-refractivity contribution in [3.8, 4) is 0 Å². The molecule has 0 bridgehead atoms. The van der Waals surface area contributed by atoms with Crippen molar-refractivity contribution < 1.29 is 22.8 Å². The first kappa shape index (κ1) is 16.0. The van der Waals surface area contributed by atoms with E-state index in [0.717, 1.165) is 22.1 Å². The number of rotatable bonds is 4. The number of aromatic nitrogens is 2. The lowest BCUT2D eigenvalue weighted by atomic mass is 10.3. The quantitative estimate of drug-likeness (QED) is 0.897. The van der Waals surface area contributed by atoms with E-state index in [9.17, 15) is 22.8 Å². The Balaban J connectivity index is 2.05. The van der Waals surface area contributed by atoms with Gasteiger partial charge in [-0.2, -0.15) is 18.3 Å². The van der Waals surface area contributed by atoms with Crippen LogP contribution in [-0.4, -0.2) is 21.6 Å². The van der Waals surface area contributed by atoms with Crippen molar-refractivity contribution in [3.63, 3.8) is 0 Å². The van der Waals surface area contributed by atoms with Crippen LogP contribution in [0.15, 0.2) is 17.5 Å². The number of nitrogens with one attached hydrogen (secondary N) is 1. The van der Waals surface area contributed by atoms with Gasteiger partial charge in [-0.3, -0.25) is 14.3 Å². The maximum absolute atomic E-state index is 12.5. The highest BCUT2D eigenvalue weighted by atomic mass is 32.1. The van der Waals surface area contributed by atoms with Crippen molar-refractivity contribution in [3.05, 3.63) is 33.8 Å². The summed E-state index contributed by atoms with van der Waals surface area (Å²) in [6.07, 6.45) is -4.56. The van der Waals surface area contributed by atoms with E-state index in [0.29, 0.717) is 5.69 Å². The van der Waals surface area contributed by atoms with Gasteiger partial charge in [0.2, 0.25) is 5.91 Å². The number of carbonyl (C=O) groups excluding carboxylic acids is 2. The number of nitrogens with zero attached hydrogens (tertiary/aromatic N) is 2. The Bertz CT molecular complexity index is 720. The minimum Gasteiger partial charge on any atom is -0.365 e. The molecule has 0 saturated carbocycles. The zero-order valence-corrected chi connectivity index (χ0v) is 12.1. The molecule has 0 fully saturated rings. The van der Waals surface area contributed by atoms with Gasteiger partial charge < -0.3 is 11.1 Å². The molecule has 3 N–H and O–H groups in total. The predicted molar refractivity (Wildman–Crippen MR) is 73.4 cm³/mol. The van der Waals surface area contributed by atoms with Crippen LogP contribution < -0.4 is 11.1 Å². The third kappa shape index (κ3) is 3.64. The van der Waals surface area contributed by atoms with Gasteiger partial charge in [-0.15, -0.1) is 11.3 Å². The van der Waals surface area contributed by atoms with Crippen LogP contribution in [0.4, 0.5) is 18.9 Å².